The first-order chi connectivity index (χ1) is 7.17. The molecule has 15 heavy (non-hydrogen) atoms. The number of aryl methyl sites for hydroxylation is 1. The molecular formula is C11H16BrNOS. The summed E-state index contributed by atoms with van der Waals surface area (Å²) in [6.45, 7) is 4.77. The van der Waals surface area contributed by atoms with E-state index < -0.39 is 0 Å². The first-order valence-electron chi connectivity index (χ1n) is 5.16. The van der Waals surface area contributed by atoms with Gasteiger partial charge in [-0.2, -0.15) is 0 Å². The van der Waals surface area contributed by atoms with E-state index in [1.807, 2.05) is 6.92 Å². The Labute approximate surface area is 103 Å². The molecule has 0 fully saturated rings. The summed E-state index contributed by atoms with van der Waals surface area (Å²) >= 11 is 5.09. The van der Waals surface area contributed by atoms with Gasteiger partial charge in [0.05, 0.1) is 11.4 Å². The molecule has 1 atom stereocenters. The number of rotatable bonds is 5. The van der Waals surface area contributed by atoms with Gasteiger partial charge in [-0.15, -0.1) is 11.3 Å². The van der Waals surface area contributed by atoms with Crippen LogP contribution in [-0.2, 0) is 17.8 Å². The number of carbonyl (C=O) groups excluding carboxylic acids is 1. The van der Waals surface area contributed by atoms with Gasteiger partial charge in [0.2, 0.25) is 5.91 Å². The molecule has 1 aromatic heterocycles. The highest BCUT2D eigenvalue weighted by Crippen LogP contribution is 2.16. The molecule has 0 spiro atoms. The summed E-state index contributed by atoms with van der Waals surface area (Å²) in [4.78, 5) is 14.0. The lowest BCUT2D eigenvalue weighted by molar-refractivity contribution is -0.120. The maximum Gasteiger partial charge on any atom is 0.234 e. The summed E-state index contributed by atoms with van der Waals surface area (Å²) in [6, 6.07) is 4.20. The minimum Gasteiger partial charge on any atom is -0.350 e. The molecule has 0 aliphatic carbocycles. The Kier molecular flexibility index (Phi) is 5.32. The minimum absolute atomic E-state index is 0.0666. The number of halogens is 1. The number of alkyl halides is 1. The normalized spacial score (nSPS) is 12.5. The molecule has 1 N–H and O–H groups in total. The maximum atomic E-state index is 11.5. The van der Waals surface area contributed by atoms with Crippen LogP contribution in [-0.4, -0.2) is 10.7 Å². The zero-order chi connectivity index (χ0) is 11.3. The van der Waals surface area contributed by atoms with Gasteiger partial charge in [-0.3, -0.25) is 4.79 Å². The molecule has 0 radical (unpaired) electrons. The Morgan fingerprint density at radius 3 is 2.67 bits per heavy atom. The quantitative estimate of drug-likeness (QED) is 0.830. The molecule has 0 aromatic carbocycles. The van der Waals surface area contributed by atoms with Crippen molar-refractivity contribution in [2.24, 2.45) is 0 Å². The minimum atomic E-state index is -0.0666. The topological polar surface area (TPSA) is 29.1 Å². The predicted octanol–water partition coefficient (Wildman–Crippen LogP) is 3.10. The Morgan fingerprint density at radius 1 is 1.47 bits per heavy atom. The van der Waals surface area contributed by atoms with Crippen LogP contribution in [0.1, 0.15) is 30.0 Å². The Hall–Kier alpha value is -0.350. The van der Waals surface area contributed by atoms with Gasteiger partial charge in [0.1, 0.15) is 0 Å². The molecule has 1 unspecified atom stereocenters. The van der Waals surface area contributed by atoms with Gasteiger partial charge in [-0.25, -0.2) is 0 Å². The largest absolute Gasteiger partial charge is 0.350 e. The molecule has 1 aromatic rings. The predicted molar refractivity (Wildman–Crippen MR) is 68.5 cm³/mol. The number of hydrogen-bond acceptors (Lipinski definition) is 2. The monoisotopic (exact) mass is 289 g/mol. The van der Waals surface area contributed by atoms with E-state index in [-0.39, 0.29) is 10.7 Å². The average Bonchev–Trinajstić information content (AvgIpc) is 2.72. The molecule has 2 nitrogen and oxygen atoms in total. The van der Waals surface area contributed by atoms with Gasteiger partial charge in [-0.1, -0.05) is 29.8 Å². The van der Waals surface area contributed by atoms with Crippen LogP contribution in [0.15, 0.2) is 12.1 Å². The molecule has 4 heteroatoms. The smallest absolute Gasteiger partial charge is 0.234 e. The van der Waals surface area contributed by atoms with Crippen LogP contribution in [0.5, 0.6) is 0 Å². The summed E-state index contributed by atoms with van der Waals surface area (Å²) in [5.41, 5.74) is 0. The highest BCUT2D eigenvalue weighted by atomic mass is 79.9. The van der Waals surface area contributed by atoms with Gasteiger partial charge in [0.25, 0.3) is 0 Å². The van der Waals surface area contributed by atoms with E-state index in [0.717, 1.165) is 12.8 Å². The molecule has 84 valence electrons. The van der Waals surface area contributed by atoms with Crippen molar-refractivity contribution in [1.82, 2.24) is 5.32 Å². The second-order valence-electron chi connectivity index (χ2n) is 3.32. The van der Waals surface area contributed by atoms with Crippen LogP contribution >= 0.6 is 27.3 Å². The number of amides is 1. The first-order valence-corrected chi connectivity index (χ1v) is 6.90. The van der Waals surface area contributed by atoms with Crippen molar-refractivity contribution >= 4 is 33.2 Å². The van der Waals surface area contributed by atoms with Crippen molar-refractivity contribution in [3.05, 3.63) is 21.9 Å². The summed E-state index contributed by atoms with van der Waals surface area (Å²) in [7, 11) is 0. The molecule has 0 aliphatic heterocycles. The third kappa shape index (κ3) is 3.95. The van der Waals surface area contributed by atoms with Crippen molar-refractivity contribution in [1.29, 1.82) is 0 Å². The molecule has 0 saturated heterocycles. The highest BCUT2D eigenvalue weighted by molar-refractivity contribution is 9.10. The van der Waals surface area contributed by atoms with Crippen LogP contribution in [0.3, 0.4) is 0 Å². The molecule has 0 bridgehead atoms. The van der Waals surface area contributed by atoms with Gasteiger partial charge in [-0.05, 0) is 25.0 Å². The van der Waals surface area contributed by atoms with Crippen molar-refractivity contribution in [2.75, 3.05) is 0 Å². The van der Waals surface area contributed by atoms with Crippen LogP contribution in [0.4, 0.5) is 0 Å². The fourth-order valence-corrected chi connectivity index (χ4v) is 2.24. The molecular weight excluding hydrogens is 274 g/mol. The average molecular weight is 290 g/mol. The zero-order valence-electron chi connectivity index (χ0n) is 9.05. The van der Waals surface area contributed by atoms with E-state index in [4.69, 9.17) is 0 Å². The van der Waals surface area contributed by atoms with Gasteiger partial charge >= 0.3 is 0 Å². The van der Waals surface area contributed by atoms with E-state index in [1.165, 1.54) is 9.75 Å². The van der Waals surface area contributed by atoms with E-state index in [1.54, 1.807) is 11.3 Å². The maximum absolute atomic E-state index is 11.5. The fourth-order valence-electron chi connectivity index (χ4n) is 1.18. The van der Waals surface area contributed by atoms with Crippen molar-refractivity contribution in [3.8, 4) is 0 Å². The van der Waals surface area contributed by atoms with Gasteiger partial charge < -0.3 is 5.32 Å². The van der Waals surface area contributed by atoms with Crippen molar-refractivity contribution in [2.45, 2.75) is 38.1 Å². The van der Waals surface area contributed by atoms with Crippen LogP contribution in [0.25, 0.3) is 0 Å². The van der Waals surface area contributed by atoms with Crippen molar-refractivity contribution in [3.63, 3.8) is 0 Å². The summed E-state index contributed by atoms with van der Waals surface area (Å²) in [6.07, 6.45) is 1.88. The SMILES string of the molecule is CCc1ccc(CNC(=O)C(Br)CC)s1. The second-order valence-corrected chi connectivity index (χ2v) is 5.67. The molecule has 0 aliphatic rings. The first kappa shape index (κ1) is 12.7. The molecule has 1 rings (SSSR count). The standard InChI is InChI=1S/C11H16BrNOS/c1-3-8-5-6-9(15-8)7-13-11(14)10(12)4-2/h5-6,10H,3-4,7H2,1-2H3,(H,13,14). The van der Waals surface area contributed by atoms with Crippen LogP contribution < -0.4 is 5.32 Å². The highest BCUT2D eigenvalue weighted by Gasteiger charge is 2.11. The molecule has 1 amide bonds. The number of nitrogens with one attached hydrogen (secondary N) is 1. The van der Waals surface area contributed by atoms with Crippen LogP contribution in [0.2, 0.25) is 0 Å². The van der Waals surface area contributed by atoms with Gasteiger partial charge in [0.15, 0.2) is 0 Å². The van der Waals surface area contributed by atoms with E-state index in [9.17, 15) is 4.79 Å². The van der Waals surface area contributed by atoms with Crippen LogP contribution in [0, 0.1) is 0 Å². The summed E-state index contributed by atoms with van der Waals surface area (Å²) < 4.78 is 0. The van der Waals surface area contributed by atoms with E-state index in [2.05, 4.69) is 40.3 Å². The lowest BCUT2D eigenvalue weighted by Gasteiger charge is -2.07. The lowest BCUT2D eigenvalue weighted by atomic mass is 10.3. The number of hydrogen-bond donors (Lipinski definition) is 1. The van der Waals surface area contributed by atoms with Gasteiger partial charge in [0, 0.05) is 9.75 Å². The van der Waals surface area contributed by atoms with E-state index >= 15 is 0 Å². The molecule has 0 saturated carbocycles. The molecule has 1 heterocycles. The lowest BCUT2D eigenvalue weighted by Crippen LogP contribution is -2.29. The number of carbonyl (C=O) groups is 1. The third-order valence-corrected chi connectivity index (χ3v) is 4.44. The Bertz CT molecular complexity index is 324. The second kappa shape index (κ2) is 6.28. The Morgan fingerprint density at radius 2 is 2.13 bits per heavy atom. The van der Waals surface area contributed by atoms with Crippen molar-refractivity contribution < 1.29 is 4.79 Å². The zero-order valence-corrected chi connectivity index (χ0v) is 11.5. The Balaban J connectivity index is 2.40. The fraction of sp³-hybridized carbons (Fsp3) is 0.545. The number of thiophene rings is 1. The third-order valence-electron chi connectivity index (χ3n) is 2.15. The van der Waals surface area contributed by atoms with E-state index in [0.29, 0.717) is 6.54 Å². The summed E-state index contributed by atoms with van der Waals surface area (Å²) in [5.74, 6) is 0.0731. The summed E-state index contributed by atoms with van der Waals surface area (Å²) in [5, 5.41) is 2.91.